The molecule has 0 bridgehead atoms. The van der Waals surface area contributed by atoms with Gasteiger partial charge in [0.2, 0.25) is 5.91 Å². The van der Waals surface area contributed by atoms with Gasteiger partial charge in [-0.15, -0.1) is 0 Å². The molecule has 0 N–H and O–H groups in total. The molecule has 1 unspecified atom stereocenters. The highest BCUT2D eigenvalue weighted by molar-refractivity contribution is 9.11. The second kappa shape index (κ2) is 4.80. The minimum absolute atomic E-state index is 0.170. The van der Waals surface area contributed by atoms with E-state index in [1.807, 2.05) is 11.8 Å². The number of halogens is 1. The van der Waals surface area contributed by atoms with E-state index in [9.17, 15) is 4.79 Å². The van der Waals surface area contributed by atoms with Crippen molar-refractivity contribution in [2.24, 2.45) is 0 Å². The van der Waals surface area contributed by atoms with Crippen LogP contribution in [0.5, 0.6) is 0 Å². The van der Waals surface area contributed by atoms with Crippen molar-refractivity contribution in [1.82, 2.24) is 4.90 Å². The molecule has 0 aliphatic carbocycles. The molecule has 0 saturated carbocycles. The third kappa shape index (κ3) is 2.56. The molecular formula is C10H16BrNO. The van der Waals surface area contributed by atoms with E-state index in [2.05, 4.69) is 22.9 Å². The highest BCUT2D eigenvalue weighted by Gasteiger charge is 2.23. The summed E-state index contributed by atoms with van der Waals surface area (Å²) in [5.41, 5.74) is 0.786. The molecule has 1 saturated heterocycles. The van der Waals surface area contributed by atoms with Crippen molar-refractivity contribution < 1.29 is 4.79 Å². The predicted molar refractivity (Wildman–Crippen MR) is 57.7 cm³/mol. The minimum atomic E-state index is 0.170. The Bertz CT molecular complexity index is 225. The molecule has 13 heavy (non-hydrogen) atoms. The van der Waals surface area contributed by atoms with Crippen LogP contribution in [0.25, 0.3) is 0 Å². The van der Waals surface area contributed by atoms with Gasteiger partial charge in [-0.2, -0.15) is 0 Å². The zero-order chi connectivity index (χ0) is 9.84. The lowest BCUT2D eigenvalue weighted by atomic mass is 10.0. The van der Waals surface area contributed by atoms with Crippen LogP contribution >= 0.6 is 15.9 Å². The summed E-state index contributed by atoms with van der Waals surface area (Å²) in [6, 6.07) is 0.406. The number of amides is 1. The number of carbonyl (C=O) groups excluding carboxylic acids is 1. The van der Waals surface area contributed by atoms with E-state index >= 15 is 0 Å². The molecule has 1 amide bonds. The van der Waals surface area contributed by atoms with E-state index in [-0.39, 0.29) is 5.91 Å². The summed E-state index contributed by atoms with van der Waals surface area (Å²) >= 11 is 3.19. The Hall–Kier alpha value is -0.310. The first-order chi connectivity index (χ1) is 6.16. The Morgan fingerprint density at radius 3 is 2.77 bits per heavy atom. The normalized spacial score (nSPS) is 24.7. The lowest BCUT2D eigenvalue weighted by Gasteiger charge is -2.33. The van der Waals surface area contributed by atoms with Crippen LogP contribution in [-0.4, -0.2) is 23.4 Å². The molecule has 3 heteroatoms. The maximum absolute atomic E-state index is 11.8. The third-order valence-corrected chi connectivity index (χ3v) is 3.25. The first-order valence-electron chi connectivity index (χ1n) is 4.74. The van der Waals surface area contributed by atoms with Crippen LogP contribution in [0, 0.1) is 0 Å². The zero-order valence-electron chi connectivity index (χ0n) is 8.22. The average Bonchev–Trinajstić information content (AvgIpc) is 2.16. The summed E-state index contributed by atoms with van der Waals surface area (Å²) < 4.78 is 0. The van der Waals surface area contributed by atoms with Gasteiger partial charge in [0.1, 0.15) is 0 Å². The zero-order valence-corrected chi connectivity index (χ0v) is 9.80. The van der Waals surface area contributed by atoms with E-state index in [1.165, 1.54) is 6.42 Å². The molecule has 1 heterocycles. The van der Waals surface area contributed by atoms with Crippen LogP contribution < -0.4 is 0 Å². The smallest absolute Gasteiger partial charge is 0.250 e. The molecular weight excluding hydrogens is 230 g/mol. The van der Waals surface area contributed by atoms with Crippen molar-refractivity contribution in [2.75, 3.05) is 6.54 Å². The van der Waals surface area contributed by atoms with Gasteiger partial charge in [0.15, 0.2) is 0 Å². The van der Waals surface area contributed by atoms with E-state index in [4.69, 9.17) is 0 Å². The Labute approximate surface area is 88.1 Å². The second-order valence-electron chi connectivity index (χ2n) is 3.64. The average molecular weight is 246 g/mol. The van der Waals surface area contributed by atoms with Crippen molar-refractivity contribution in [3.8, 4) is 0 Å². The van der Waals surface area contributed by atoms with E-state index in [0.29, 0.717) is 6.04 Å². The van der Waals surface area contributed by atoms with E-state index < -0.39 is 0 Å². The molecule has 1 rings (SSSR count). The van der Waals surface area contributed by atoms with Gasteiger partial charge in [0.25, 0.3) is 0 Å². The van der Waals surface area contributed by atoms with Gasteiger partial charge >= 0.3 is 0 Å². The molecule has 0 radical (unpaired) electrons. The molecule has 0 aromatic rings. The molecule has 74 valence electrons. The number of carbonyl (C=O) groups is 1. The fraction of sp³-hybridized carbons (Fsp3) is 0.700. The Kier molecular flexibility index (Phi) is 3.97. The Morgan fingerprint density at radius 2 is 2.23 bits per heavy atom. The van der Waals surface area contributed by atoms with Gasteiger partial charge in [-0.05, 0) is 38.1 Å². The molecule has 0 aromatic heterocycles. The lowest BCUT2D eigenvalue weighted by Crippen LogP contribution is -2.42. The van der Waals surface area contributed by atoms with Crippen molar-refractivity contribution in [2.45, 2.75) is 39.2 Å². The number of likely N-dealkylation sites (tertiary alicyclic amines) is 1. The monoisotopic (exact) mass is 245 g/mol. The van der Waals surface area contributed by atoms with Crippen LogP contribution in [0.2, 0.25) is 0 Å². The summed E-state index contributed by atoms with van der Waals surface area (Å²) in [6.45, 7) is 4.88. The van der Waals surface area contributed by atoms with Gasteiger partial charge in [-0.1, -0.05) is 15.9 Å². The molecule has 1 aliphatic rings. The maximum atomic E-state index is 11.8. The van der Waals surface area contributed by atoms with Gasteiger partial charge < -0.3 is 4.90 Å². The Morgan fingerprint density at radius 1 is 1.54 bits per heavy atom. The van der Waals surface area contributed by atoms with Crippen molar-refractivity contribution >= 4 is 21.8 Å². The summed E-state index contributed by atoms with van der Waals surface area (Å²) in [7, 11) is 0. The van der Waals surface area contributed by atoms with Crippen LogP contribution in [0.15, 0.2) is 10.6 Å². The first-order valence-corrected chi connectivity index (χ1v) is 5.66. The van der Waals surface area contributed by atoms with Gasteiger partial charge in [0.05, 0.1) is 0 Å². The molecule has 1 atom stereocenters. The highest BCUT2D eigenvalue weighted by atomic mass is 79.9. The van der Waals surface area contributed by atoms with E-state index in [1.54, 1.807) is 4.99 Å². The molecule has 1 fully saturated rings. The van der Waals surface area contributed by atoms with Gasteiger partial charge in [-0.25, -0.2) is 0 Å². The Balaban J connectivity index is 2.64. The first kappa shape index (κ1) is 10.8. The largest absolute Gasteiger partial charge is 0.336 e. The van der Waals surface area contributed by atoms with Crippen LogP contribution in [0.3, 0.4) is 0 Å². The van der Waals surface area contributed by atoms with Crippen LogP contribution in [0.1, 0.15) is 33.1 Å². The van der Waals surface area contributed by atoms with Crippen molar-refractivity contribution in [3.05, 3.63) is 10.6 Å². The SMILES string of the molecule is CC(=CBr)C(=O)N1CCCCC1C. The molecule has 2 nitrogen and oxygen atoms in total. The molecule has 0 aromatic carbocycles. The number of piperidine rings is 1. The number of nitrogens with zero attached hydrogens (tertiary/aromatic N) is 1. The maximum Gasteiger partial charge on any atom is 0.250 e. The minimum Gasteiger partial charge on any atom is -0.336 e. The van der Waals surface area contributed by atoms with Crippen molar-refractivity contribution in [1.29, 1.82) is 0 Å². The fourth-order valence-electron chi connectivity index (χ4n) is 1.67. The highest BCUT2D eigenvalue weighted by Crippen LogP contribution is 2.18. The summed E-state index contributed by atoms with van der Waals surface area (Å²) in [5.74, 6) is 0.170. The number of hydrogen-bond acceptors (Lipinski definition) is 1. The summed E-state index contributed by atoms with van der Waals surface area (Å²) in [5, 5.41) is 0. The lowest BCUT2D eigenvalue weighted by molar-refractivity contribution is -0.130. The number of rotatable bonds is 1. The van der Waals surface area contributed by atoms with Crippen molar-refractivity contribution in [3.63, 3.8) is 0 Å². The van der Waals surface area contributed by atoms with E-state index in [0.717, 1.165) is 25.0 Å². The van der Waals surface area contributed by atoms with Gasteiger partial charge in [0, 0.05) is 18.2 Å². The number of hydrogen-bond donors (Lipinski definition) is 0. The van der Waals surface area contributed by atoms with Crippen LogP contribution in [0.4, 0.5) is 0 Å². The second-order valence-corrected chi connectivity index (χ2v) is 4.09. The molecule has 1 aliphatic heterocycles. The standard InChI is InChI=1S/C10H16BrNO/c1-8(7-11)10(13)12-6-4-3-5-9(12)2/h7,9H,3-6H2,1-2H3. The fourth-order valence-corrected chi connectivity index (χ4v) is 1.87. The predicted octanol–water partition coefficient (Wildman–Crippen LogP) is 2.69. The quantitative estimate of drug-likeness (QED) is 0.651. The third-order valence-electron chi connectivity index (χ3n) is 2.56. The van der Waals surface area contributed by atoms with Gasteiger partial charge in [-0.3, -0.25) is 4.79 Å². The topological polar surface area (TPSA) is 20.3 Å². The van der Waals surface area contributed by atoms with Crippen LogP contribution in [-0.2, 0) is 4.79 Å². The molecule has 0 spiro atoms. The summed E-state index contributed by atoms with van der Waals surface area (Å²) in [6.07, 6.45) is 3.54. The summed E-state index contributed by atoms with van der Waals surface area (Å²) in [4.78, 5) is 15.4.